The summed E-state index contributed by atoms with van der Waals surface area (Å²) in [6.45, 7) is 0.754. The fraction of sp³-hybridized carbons (Fsp3) is 0.118. The minimum Gasteiger partial charge on any atom is -0.308 e. The molecule has 21 heavy (non-hydrogen) atoms. The first-order chi connectivity index (χ1) is 10.4. The van der Waals surface area contributed by atoms with Crippen LogP contribution in [-0.4, -0.2) is 19.8 Å². The van der Waals surface area contributed by atoms with Crippen LogP contribution >= 0.6 is 11.6 Å². The molecule has 2 aromatic carbocycles. The summed E-state index contributed by atoms with van der Waals surface area (Å²) in [6.07, 6.45) is 2.09. The van der Waals surface area contributed by atoms with Crippen LogP contribution in [-0.2, 0) is 6.54 Å². The molecule has 0 saturated carbocycles. The lowest BCUT2D eigenvalue weighted by Gasteiger charge is -2.01. The van der Waals surface area contributed by atoms with Crippen molar-refractivity contribution in [3.63, 3.8) is 0 Å². The molecular weight excluding hydrogens is 282 g/mol. The summed E-state index contributed by atoms with van der Waals surface area (Å²) < 4.78 is 4.32. The number of benzene rings is 2. The second kappa shape index (κ2) is 4.93. The molecule has 0 spiro atoms. The highest BCUT2D eigenvalue weighted by Crippen LogP contribution is 2.25. The lowest BCUT2D eigenvalue weighted by molar-refractivity contribution is 0.813. The van der Waals surface area contributed by atoms with E-state index in [0.717, 1.165) is 29.1 Å². The maximum absolute atomic E-state index is 5.96. The van der Waals surface area contributed by atoms with Gasteiger partial charge in [0.2, 0.25) is 5.78 Å². The van der Waals surface area contributed by atoms with Gasteiger partial charge in [-0.15, -0.1) is 11.6 Å². The van der Waals surface area contributed by atoms with Gasteiger partial charge in [-0.05, 0) is 12.1 Å². The molecule has 2 aromatic heterocycles. The number of aryl methyl sites for hydroxylation is 1. The zero-order valence-electron chi connectivity index (χ0n) is 11.4. The third-order valence-corrected chi connectivity index (χ3v) is 3.91. The quantitative estimate of drug-likeness (QED) is 0.519. The average Bonchev–Trinajstić information content (AvgIpc) is 3.08. The van der Waals surface area contributed by atoms with Crippen LogP contribution in [0.1, 0.15) is 0 Å². The highest BCUT2D eigenvalue weighted by molar-refractivity contribution is 6.17. The Bertz CT molecular complexity index is 906. The van der Waals surface area contributed by atoms with Crippen molar-refractivity contribution in [2.45, 2.75) is 6.54 Å². The summed E-state index contributed by atoms with van der Waals surface area (Å²) in [6, 6.07) is 18.6. The number of alkyl halides is 1. The van der Waals surface area contributed by atoms with E-state index in [-0.39, 0.29) is 0 Å². The average molecular weight is 296 g/mol. The molecule has 0 bridgehead atoms. The van der Waals surface area contributed by atoms with Gasteiger partial charge in [0.1, 0.15) is 0 Å². The molecule has 0 saturated heterocycles. The predicted octanol–water partition coefficient (Wildman–Crippen LogP) is 4.19. The summed E-state index contributed by atoms with van der Waals surface area (Å²) in [5.74, 6) is 1.51. The summed E-state index contributed by atoms with van der Waals surface area (Å²) in [5.41, 5.74) is 4.44. The number of rotatable bonds is 3. The highest BCUT2D eigenvalue weighted by Gasteiger charge is 2.13. The van der Waals surface area contributed by atoms with Crippen LogP contribution in [0.5, 0.6) is 0 Å². The maximum Gasteiger partial charge on any atom is 0.215 e. The fourth-order valence-corrected chi connectivity index (χ4v) is 2.96. The molecule has 0 radical (unpaired) electrons. The zero-order chi connectivity index (χ0) is 14.2. The Morgan fingerprint density at radius 1 is 0.905 bits per heavy atom. The number of imidazole rings is 2. The van der Waals surface area contributed by atoms with E-state index in [4.69, 9.17) is 16.6 Å². The van der Waals surface area contributed by atoms with Crippen LogP contribution in [0.4, 0.5) is 0 Å². The minimum absolute atomic E-state index is 0.571. The largest absolute Gasteiger partial charge is 0.308 e. The van der Waals surface area contributed by atoms with Crippen LogP contribution in [0.3, 0.4) is 0 Å². The number of aromatic nitrogens is 3. The molecule has 0 unspecified atom stereocenters. The topological polar surface area (TPSA) is 22.2 Å². The molecule has 0 amide bonds. The van der Waals surface area contributed by atoms with Crippen molar-refractivity contribution < 1.29 is 0 Å². The number of fused-ring (bicyclic) bond motifs is 3. The molecule has 104 valence electrons. The van der Waals surface area contributed by atoms with E-state index in [1.807, 2.05) is 24.3 Å². The van der Waals surface area contributed by atoms with Crippen LogP contribution in [0.25, 0.3) is 28.1 Å². The van der Waals surface area contributed by atoms with Gasteiger partial charge in [-0.3, -0.25) is 4.40 Å². The molecule has 4 rings (SSSR count). The third kappa shape index (κ3) is 1.93. The Hall–Kier alpha value is -2.26. The van der Waals surface area contributed by atoms with Gasteiger partial charge in [-0.2, -0.15) is 0 Å². The van der Waals surface area contributed by atoms with Crippen molar-refractivity contribution >= 4 is 28.4 Å². The Morgan fingerprint density at radius 3 is 2.38 bits per heavy atom. The molecule has 4 aromatic rings. The lowest BCUT2D eigenvalue weighted by Crippen LogP contribution is -1.99. The first kappa shape index (κ1) is 12.5. The molecule has 4 heteroatoms. The summed E-state index contributed by atoms with van der Waals surface area (Å²) >= 11 is 5.96. The Morgan fingerprint density at radius 2 is 1.62 bits per heavy atom. The smallest absolute Gasteiger partial charge is 0.215 e. The molecule has 2 heterocycles. The Kier molecular flexibility index (Phi) is 2.93. The van der Waals surface area contributed by atoms with Crippen molar-refractivity contribution in [2.24, 2.45) is 0 Å². The van der Waals surface area contributed by atoms with Crippen molar-refractivity contribution in [3.05, 3.63) is 60.8 Å². The van der Waals surface area contributed by atoms with Crippen molar-refractivity contribution in [1.82, 2.24) is 14.0 Å². The molecule has 0 aliphatic heterocycles. The van der Waals surface area contributed by atoms with Gasteiger partial charge in [0, 0.05) is 24.2 Å². The second-order valence-electron chi connectivity index (χ2n) is 4.99. The van der Waals surface area contributed by atoms with Gasteiger partial charge >= 0.3 is 0 Å². The van der Waals surface area contributed by atoms with E-state index in [0.29, 0.717) is 5.88 Å². The fourth-order valence-electron chi connectivity index (χ4n) is 2.79. The number of nitrogens with zero attached hydrogens (tertiary/aromatic N) is 3. The first-order valence-electron chi connectivity index (χ1n) is 6.96. The number of hydrogen-bond donors (Lipinski definition) is 0. The highest BCUT2D eigenvalue weighted by atomic mass is 35.5. The zero-order valence-corrected chi connectivity index (χ0v) is 12.2. The lowest BCUT2D eigenvalue weighted by atomic mass is 10.2. The number of para-hydroxylation sites is 2. The molecule has 0 N–H and O–H groups in total. The van der Waals surface area contributed by atoms with E-state index in [1.54, 1.807) is 0 Å². The molecule has 0 aliphatic carbocycles. The minimum atomic E-state index is 0.571. The molecular formula is C17H14ClN3. The Labute approximate surface area is 127 Å². The SMILES string of the molecule is ClCCn1c2ccccc2n2cc(-c3ccccc3)nc12. The van der Waals surface area contributed by atoms with E-state index >= 15 is 0 Å². The first-order valence-corrected chi connectivity index (χ1v) is 7.49. The van der Waals surface area contributed by atoms with Gasteiger partial charge in [0.25, 0.3) is 0 Å². The van der Waals surface area contributed by atoms with Crippen LogP contribution in [0, 0.1) is 0 Å². The number of halogens is 1. The monoisotopic (exact) mass is 295 g/mol. The maximum atomic E-state index is 5.96. The van der Waals surface area contributed by atoms with Gasteiger partial charge in [-0.25, -0.2) is 4.98 Å². The van der Waals surface area contributed by atoms with Gasteiger partial charge in [0.05, 0.1) is 16.7 Å². The van der Waals surface area contributed by atoms with Crippen LogP contribution in [0.15, 0.2) is 60.8 Å². The van der Waals surface area contributed by atoms with E-state index in [9.17, 15) is 0 Å². The second-order valence-corrected chi connectivity index (χ2v) is 5.37. The van der Waals surface area contributed by atoms with Crippen molar-refractivity contribution in [1.29, 1.82) is 0 Å². The van der Waals surface area contributed by atoms with Crippen molar-refractivity contribution in [3.8, 4) is 11.3 Å². The normalized spacial score (nSPS) is 11.5. The summed E-state index contributed by atoms with van der Waals surface area (Å²) in [7, 11) is 0. The van der Waals surface area contributed by atoms with Crippen LogP contribution < -0.4 is 0 Å². The van der Waals surface area contributed by atoms with Crippen molar-refractivity contribution in [2.75, 3.05) is 5.88 Å². The number of hydrogen-bond acceptors (Lipinski definition) is 1. The standard InChI is InChI=1S/C17H14ClN3/c18-10-11-20-15-8-4-5-9-16(15)21-12-14(19-17(20)21)13-6-2-1-3-7-13/h1-9,12H,10-11H2. The summed E-state index contributed by atoms with van der Waals surface area (Å²) in [4.78, 5) is 4.81. The Balaban J connectivity index is 2.01. The van der Waals surface area contributed by atoms with Gasteiger partial charge in [0.15, 0.2) is 0 Å². The molecule has 3 nitrogen and oxygen atoms in total. The molecule has 0 aliphatic rings. The predicted molar refractivity (Wildman–Crippen MR) is 86.8 cm³/mol. The van der Waals surface area contributed by atoms with Gasteiger partial charge in [-0.1, -0.05) is 42.5 Å². The van der Waals surface area contributed by atoms with E-state index in [2.05, 4.69) is 45.5 Å². The van der Waals surface area contributed by atoms with E-state index < -0.39 is 0 Å². The third-order valence-electron chi connectivity index (χ3n) is 3.74. The van der Waals surface area contributed by atoms with E-state index in [1.165, 1.54) is 5.52 Å². The van der Waals surface area contributed by atoms with Gasteiger partial charge < -0.3 is 4.57 Å². The molecule has 0 fully saturated rings. The van der Waals surface area contributed by atoms with Crippen LogP contribution in [0.2, 0.25) is 0 Å². The molecule has 0 atom stereocenters. The summed E-state index contributed by atoms with van der Waals surface area (Å²) in [5, 5.41) is 0.